The van der Waals surface area contributed by atoms with Crippen molar-refractivity contribution in [3.63, 3.8) is 0 Å². The van der Waals surface area contributed by atoms with Crippen LogP contribution in [-0.4, -0.2) is 45.4 Å². The summed E-state index contributed by atoms with van der Waals surface area (Å²) in [4.78, 5) is 2.03. The molecule has 262 valence electrons. The molecule has 0 unspecified atom stereocenters. The van der Waals surface area contributed by atoms with Gasteiger partial charge in [0.25, 0.3) is 0 Å². The highest BCUT2D eigenvalue weighted by Gasteiger charge is 2.38. The number of hydrogen-bond donors (Lipinski definition) is 1. The van der Waals surface area contributed by atoms with Crippen LogP contribution in [0.15, 0.2) is 84.9 Å². The Kier molecular flexibility index (Phi) is 10.8. The van der Waals surface area contributed by atoms with Crippen LogP contribution < -0.4 is 15.2 Å². The first kappa shape index (κ1) is 35.1. The van der Waals surface area contributed by atoms with E-state index in [1.54, 1.807) is 25.0 Å². The largest absolute Gasteiger partial charge is 0.497 e. The second kappa shape index (κ2) is 15.4. The summed E-state index contributed by atoms with van der Waals surface area (Å²) in [6, 6.07) is 26.2. The van der Waals surface area contributed by atoms with E-state index in [1.807, 2.05) is 84.6 Å². The van der Waals surface area contributed by atoms with Crippen molar-refractivity contribution in [1.29, 1.82) is 0 Å². The second-order valence-corrected chi connectivity index (χ2v) is 13.2. The van der Waals surface area contributed by atoms with Crippen LogP contribution in [0.1, 0.15) is 70.5 Å². The van der Waals surface area contributed by atoms with Gasteiger partial charge < -0.3 is 15.2 Å². The zero-order chi connectivity index (χ0) is 35.3. The molecule has 1 aromatic heterocycles. The van der Waals surface area contributed by atoms with Gasteiger partial charge in [-0.25, -0.2) is 4.68 Å². The van der Waals surface area contributed by atoms with Crippen molar-refractivity contribution in [2.75, 3.05) is 14.2 Å². The third kappa shape index (κ3) is 8.34. The summed E-state index contributed by atoms with van der Waals surface area (Å²) >= 11 is 0. The minimum Gasteiger partial charge on any atom is -0.497 e. The van der Waals surface area contributed by atoms with Gasteiger partial charge in [0.15, 0.2) is 5.82 Å². The van der Waals surface area contributed by atoms with Gasteiger partial charge >= 0.3 is 6.18 Å². The number of aryl methyl sites for hydroxylation is 1. The molecule has 1 aliphatic carbocycles. The molecule has 1 fully saturated rings. The van der Waals surface area contributed by atoms with Crippen molar-refractivity contribution >= 4 is 0 Å². The fraction of sp³-hybridized carbons (Fsp3) is 0.359. The number of nitrogens with two attached hydrogens (primary N) is 1. The van der Waals surface area contributed by atoms with E-state index in [1.165, 1.54) is 6.07 Å². The van der Waals surface area contributed by atoms with Crippen LogP contribution in [0.4, 0.5) is 13.2 Å². The van der Waals surface area contributed by atoms with Crippen LogP contribution in [0.3, 0.4) is 0 Å². The fourth-order valence-electron chi connectivity index (χ4n) is 6.86. The molecule has 1 saturated carbocycles. The van der Waals surface area contributed by atoms with Crippen molar-refractivity contribution in [3.05, 3.63) is 124 Å². The van der Waals surface area contributed by atoms with Gasteiger partial charge in [-0.1, -0.05) is 60.2 Å². The normalized spacial score (nSPS) is 16.5. The average Bonchev–Trinajstić information content (AvgIpc) is 3.57. The highest BCUT2D eigenvalue weighted by molar-refractivity contribution is 5.68. The molecule has 0 saturated heterocycles. The Bertz CT molecular complexity index is 1800. The van der Waals surface area contributed by atoms with Crippen molar-refractivity contribution in [2.45, 2.75) is 76.9 Å². The van der Waals surface area contributed by atoms with Gasteiger partial charge in [-0.15, -0.1) is 5.10 Å². The molecule has 0 bridgehead atoms. The van der Waals surface area contributed by atoms with Crippen molar-refractivity contribution in [2.24, 2.45) is 5.73 Å². The first-order chi connectivity index (χ1) is 24.1. The number of rotatable bonds is 12. The number of alkyl halides is 3. The monoisotopic (exact) mass is 684 g/mol. The molecule has 2 N–H and O–H groups in total. The van der Waals surface area contributed by atoms with Gasteiger partial charge in [0.2, 0.25) is 0 Å². The lowest BCUT2D eigenvalue weighted by Crippen LogP contribution is -2.27. The molecule has 1 heterocycles. The SMILES string of the molecule is COc1ccc(CN(Cc2ccc(OC)cc2)Cc2c(C(F)(F)F)ccc([C@H]3CC[C@H](N)CC3)c2-c2nnnn2Cc2ccc(C)cc2)cc1. The number of benzene rings is 4. The Morgan fingerprint density at radius 2 is 1.32 bits per heavy atom. The van der Waals surface area contributed by atoms with Crippen LogP contribution in [0.25, 0.3) is 11.4 Å². The topological polar surface area (TPSA) is 91.3 Å². The highest BCUT2D eigenvalue weighted by atomic mass is 19.4. The van der Waals surface area contributed by atoms with E-state index in [0.29, 0.717) is 42.5 Å². The molecular formula is C39H43F3N6O2. The highest BCUT2D eigenvalue weighted by Crippen LogP contribution is 2.44. The molecule has 0 radical (unpaired) electrons. The Balaban J connectivity index is 1.49. The number of nitrogens with zero attached hydrogens (tertiary/aromatic N) is 5. The van der Waals surface area contributed by atoms with Crippen LogP contribution in [0, 0.1) is 6.92 Å². The predicted octanol–water partition coefficient (Wildman–Crippen LogP) is 7.92. The molecule has 4 aromatic carbocycles. The Labute approximate surface area is 291 Å². The van der Waals surface area contributed by atoms with Gasteiger partial charge in [0.05, 0.1) is 26.3 Å². The second-order valence-electron chi connectivity index (χ2n) is 13.2. The fourth-order valence-corrected chi connectivity index (χ4v) is 6.86. The summed E-state index contributed by atoms with van der Waals surface area (Å²) in [5.74, 6) is 1.76. The van der Waals surface area contributed by atoms with E-state index in [-0.39, 0.29) is 24.1 Å². The number of halogens is 3. The summed E-state index contributed by atoms with van der Waals surface area (Å²) in [6.07, 6.45) is -1.45. The van der Waals surface area contributed by atoms with Gasteiger partial charge in [0.1, 0.15) is 11.5 Å². The van der Waals surface area contributed by atoms with E-state index >= 15 is 13.2 Å². The quantitative estimate of drug-likeness (QED) is 0.143. The molecule has 5 aromatic rings. The predicted molar refractivity (Wildman–Crippen MR) is 187 cm³/mol. The maximum atomic E-state index is 15.1. The third-order valence-electron chi connectivity index (χ3n) is 9.58. The zero-order valence-electron chi connectivity index (χ0n) is 28.7. The first-order valence-corrected chi connectivity index (χ1v) is 16.9. The number of aromatic nitrogens is 4. The van der Waals surface area contributed by atoms with E-state index in [4.69, 9.17) is 15.2 Å². The van der Waals surface area contributed by atoms with Crippen LogP contribution >= 0.6 is 0 Å². The molecule has 0 aliphatic heterocycles. The molecule has 0 atom stereocenters. The third-order valence-corrected chi connectivity index (χ3v) is 9.58. The zero-order valence-corrected chi connectivity index (χ0v) is 28.7. The van der Waals surface area contributed by atoms with Crippen molar-refractivity contribution in [3.8, 4) is 22.9 Å². The summed E-state index contributed by atoms with van der Waals surface area (Å²) in [7, 11) is 3.20. The van der Waals surface area contributed by atoms with E-state index in [9.17, 15) is 0 Å². The molecule has 8 nitrogen and oxygen atoms in total. The van der Waals surface area contributed by atoms with E-state index in [2.05, 4.69) is 15.5 Å². The van der Waals surface area contributed by atoms with Crippen LogP contribution in [0.2, 0.25) is 0 Å². The number of methoxy groups -OCH3 is 2. The molecule has 0 spiro atoms. The Hall–Kier alpha value is -4.74. The number of tetrazole rings is 1. The Morgan fingerprint density at radius 1 is 0.760 bits per heavy atom. The number of hydrogen-bond acceptors (Lipinski definition) is 7. The molecular weight excluding hydrogens is 641 g/mol. The standard InChI is InChI=1S/C39H43F3N6O2/c1-26-4-6-29(7-5-26)24-48-38(44-45-46-48)37-34(30-12-14-31(43)15-13-30)20-21-36(39(40,41)42)35(37)25-47(22-27-8-16-32(49-2)17-9-27)23-28-10-18-33(50-3)19-11-28/h4-11,16-21,30-31H,12-15,22-25,43H2,1-3H3/t30-,31-. The van der Waals surface area contributed by atoms with Crippen molar-refractivity contribution < 1.29 is 22.6 Å². The van der Waals surface area contributed by atoms with Gasteiger partial charge in [-0.3, -0.25) is 4.90 Å². The van der Waals surface area contributed by atoms with Crippen molar-refractivity contribution in [1.82, 2.24) is 25.1 Å². The van der Waals surface area contributed by atoms with Crippen LogP contribution in [-0.2, 0) is 32.4 Å². The molecule has 11 heteroatoms. The molecule has 6 rings (SSSR count). The lowest BCUT2D eigenvalue weighted by atomic mass is 9.78. The molecule has 50 heavy (non-hydrogen) atoms. The molecule has 1 aliphatic rings. The molecule has 0 amide bonds. The lowest BCUT2D eigenvalue weighted by Gasteiger charge is -2.31. The van der Waals surface area contributed by atoms with E-state index in [0.717, 1.165) is 53.5 Å². The van der Waals surface area contributed by atoms with Gasteiger partial charge in [0, 0.05) is 31.2 Å². The summed E-state index contributed by atoms with van der Waals surface area (Å²) < 4.78 is 57.7. The minimum absolute atomic E-state index is 0.000297. The summed E-state index contributed by atoms with van der Waals surface area (Å²) in [5, 5.41) is 12.8. The maximum Gasteiger partial charge on any atom is 0.416 e. The number of ether oxygens (including phenoxy) is 2. The lowest BCUT2D eigenvalue weighted by molar-refractivity contribution is -0.138. The van der Waals surface area contributed by atoms with Gasteiger partial charge in [-0.05, 0) is 107 Å². The van der Waals surface area contributed by atoms with E-state index < -0.39 is 11.7 Å². The maximum absolute atomic E-state index is 15.1. The summed E-state index contributed by atoms with van der Waals surface area (Å²) in [6.45, 7) is 3.11. The Morgan fingerprint density at radius 3 is 1.86 bits per heavy atom. The first-order valence-electron chi connectivity index (χ1n) is 16.9. The smallest absolute Gasteiger partial charge is 0.416 e. The van der Waals surface area contributed by atoms with Crippen LogP contribution in [0.5, 0.6) is 11.5 Å². The summed E-state index contributed by atoms with van der Waals surface area (Å²) in [5.41, 5.74) is 11.0. The van der Waals surface area contributed by atoms with Gasteiger partial charge in [-0.2, -0.15) is 13.2 Å². The minimum atomic E-state index is -4.61. The average molecular weight is 685 g/mol.